The van der Waals surface area contributed by atoms with Crippen LogP contribution in [0.4, 0.5) is 17.2 Å². The Balaban J connectivity index is 1.44. The summed E-state index contributed by atoms with van der Waals surface area (Å²) in [5.74, 6) is 0.772. The molecule has 2 N–H and O–H groups in total. The van der Waals surface area contributed by atoms with Crippen LogP contribution in [0.5, 0.6) is 5.75 Å². The van der Waals surface area contributed by atoms with Gasteiger partial charge in [-0.15, -0.1) is 10.2 Å². The van der Waals surface area contributed by atoms with Gasteiger partial charge in [0.1, 0.15) is 5.75 Å². The van der Waals surface area contributed by atoms with Gasteiger partial charge in [-0.25, -0.2) is 0 Å². The van der Waals surface area contributed by atoms with Crippen molar-refractivity contribution in [1.82, 2.24) is 15.2 Å². The summed E-state index contributed by atoms with van der Waals surface area (Å²) >= 11 is 0. The number of amides is 2. The molecule has 0 saturated carbocycles. The molecule has 0 aliphatic carbocycles. The van der Waals surface area contributed by atoms with E-state index < -0.39 is 0 Å². The lowest BCUT2D eigenvalue weighted by atomic mass is 9.97. The SMILES string of the molecule is COc1ccc(NC(C)=O)cc1NC(=O)C1CCCN(c2ccc(-c3cccnc3)nn2)C1. The van der Waals surface area contributed by atoms with E-state index in [9.17, 15) is 9.59 Å². The highest BCUT2D eigenvalue weighted by Gasteiger charge is 2.27. The van der Waals surface area contributed by atoms with Crippen molar-refractivity contribution in [2.24, 2.45) is 5.92 Å². The molecule has 4 rings (SSSR count). The Morgan fingerprint density at radius 3 is 2.70 bits per heavy atom. The van der Waals surface area contributed by atoms with Crippen LogP contribution < -0.4 is 20.3 Å². The van der Waals surface area contributed by atoms with E-state index in [2.05, 4.69) is 30.7 Å². The normalized spacial score (nSPS) is 15.6. The highest BCUT2D eigenvalue weighted by molar-refractivity contribution is 5.96. The average molecular weight is 447 g/mol. The molecular formula is C24H26N6O3. The van der Waals surface area contributed by atoms with Gasteiger partial charge in [0.25, 0.3) is 0 Å². The summed E-state index contributed by atoms with van der Waals surface area (Å²) in [5.41, 5.74) is 2.77. The summed E-state index contributed by atoms with van der Waals surface area (Å²) in [6.45, 7) is 2.79. The van der Waals surface area contributed by atoms with Gasteiger partial charge in [-0.2, -0.15) is 0 Å². The highest BCUT2D eigenvalue weighted by Crippen LogP contribution is 2.30. The topological polar surface area (TPSA) is 109 Å². The van der Waals surface area contributed by atoms with Crippen molar-refractivity contribution in [3.63, 3.8) is 0 Å². The molecule has 9 heteroatoms. The molecule has 3 aromatic rings. The van der Waals surface area contributed by atoms with Crippen LogP contribution in [0.25, 0.3) is 11.3 Å². The van der Waals surface area contributed by atoms with Gasteiger partial charge in [-0.1, -0.05) is 0 Å². The largest absolute Gasteiger partial charge is 0.495 e. The summed E-state index contributed by atoms with van der Waals surface area (Å²) < 4.78 is 5.37. The van der Waals surface area contributed by atoms with Crippen LogP contribution >= 0.6 is 0 Å². The lowest BCUT2D eigenvalue weighted by molar-refractivity contribution is -0.120. The summed E-state index contributed by atoms with van der Waals surface area (Å²) in [5, 5.41) is 14.4. The highest BCUT2D eigenvalue weighted by atomic mass is 16.5. The van der Waals surface area contributed by atoms with Crippen molar-refractivity contribution in [3.8, 4) is 17.0 Å². The van der Waals surface area contributed by atoms with Crippen molar-refractivity contribution >= 4 is 29.0 Å². The third-order valence-corrected chi connectivity index (χ3v) is 5.50. The molecular weight excluding hydrogens is 420 g/mol. The second-order valence-electron chi connectivity index (χ2n) is 7.89. The fourth-order valence-electron chi connectivity index (χ4n) is 3.88. The van der Waals surface area contributed by atoms with Gasteiger partial charge in [-0.3, -0.25) is 14.6 Å². The van der Waals surface area contributed by atoms with E-state index in [-0.39, 0.29) is 17.7 Å². The minimum absolute atomic E-state index is 0.0992. The number of carbonyl (C=O) groups is 2. The molecule has 1 fully saturated rings. The minimum atomic E-state index is -0.215. The monoisotopic (exact) mass is 446 g/mol. The third-order valence-electron chi connectivity index (χ3n) is 5.50. The van der Waals surface area contributed by atoms with E-state index in [1.54, 1.807) is 37.7 Å². The van der Waals surface area contributed by atoms with Gasteiger partial charge in [0.15, 0.2) is 5.82 Å². The molecule has 2 aromatic heterocycles. The van der Waals surface area contributed by atoms with Crippen molar-refractivity contribution in [2.45, 2.75) is 19.8 Å². The van der Waals surface area contributed by atoms with Crippen LogP contribution in [0.1, 0.15) is 19.8 Å². The Morgan fingerprint density at radius 1 is 1.12 bits per heavy atom. The maximum absolute atomic E-state index is 13.1. The number of hydrogen-bond donors (Lipinski definition) is 2. The zero-order chi connectivity index (χ0) is 23.2. The number of ether oxygens (including phenoxy) is 1. The molecule has 9 nitrogen and oxygen atoms in total. The second kappa shape index (κ2) is 10.1. The fourth-order valence-corrected chi connectivity index (χ4v) is 3.88. The van der Waals surface area contributed by atoms with Crippen LogP contribution in [0.2, 0.25) is 0 Å². The molecule has 33 heavy (non-hydrogen) atoms. The number of nitrogens with zero attached hydrogens (tertiary/aromatic N) is 4. The molecule has 0 radical (unpaired) electrons. The summed E-state index contributed by atoms with van der Waals surface area (Å²) in [6, 6.07) is 12.8. The van der Waals surface area contributed by atoms with Crippen molar-refractivity contribution < 1.29 is 14.3 Å². The standard InChI is InChI=1S/C24H26N6O3/c1-16(31)26-19-7-9-22(33-2)21(13-19)27-24(32)18-6-4-12-30(15-18)23-10-8-20(28-29-23)17-5-3-11-25-14-17/h3,5,7-11,13-14,18H,4,6,12,15H2,1-2H3,(H,26,31)(H,27,32). The molecule has 1 unspecified atom stereocenters. The number of benzene rings is 1. The van der Waals surface area contributed by atoms with Gasteiger partial charge in [0.2, 0.25) is 11.8 Å². The fraction of sp³-hybridized carbons (Fsp3) is 0.292. The van der Waals surface area contributed by atoms with E-state index in [1.807, 2.05) is 24.3 Å². The van der Waals surface area contributed by atoms with Gasteiger partial charge in [-0.05, 0) is 55.3 Å². The average Bonchev–Trinajstić information content (AvgIpc) is 2.84. The number of carbonyl (C=O) groups excluding carboxylic acids is 2. The van der Waals surface area contributed by atoms with E-state index in [0.717, 1.165) is 36.5 Å². The molecule has 3 heterocycles. The molecule has 1 aromatic carbocycles. The minimum Gasteiger partial charge on any atom is -0.495 e. The maximum atomic E-state index is 13.1. The van der Waals surface area contributed by atoms with E-state index in [1.165, 1.54) is 6.92 Å². The molecule has 1 atom stereocenters. The first-order chi connectivity index (χ1) is 16.0. The quantitative estimate of drug-likeness (QED) is 0.597. The first-order valence-corrected chi connectivity index (χ1v) is 10.8. The van der Waals surface area contributed by atoms with Crippen molar-refractivity contribution in [2.75, 3.05) is 35.7 Å². The molecule has 0 bridgehead atoms. The number of nitrogens with one attached hydrogen (secondary N) is 2. The molecule has 1 aliphatic heterocycles. The number of aromatic nitrogens is 3. The number of hydrogen-bond acceptors (Lipinski definition) is 7. The molecule has 170 valence electrons. The van der Waals surface area contributed by atoms with Crippen molar-refractivity contribution in [3.05, 3.63) is 54.9 Å². The Morgan fingerprint density at radius 2 is 2.00 bits per heavy atom. The zero-order valence-corrected chi connectivity index (χ0v) is 18.6. The number of anilines is 3. The summed E-state index contributed by atoms with van der Waals surface area (Å²) in [7, 11) is 1.54. The number of piperidine rings is 1. The van der Waals surface area contributed by atoms with Gasteiger partial charge >= 0.3 is 0 Å². The number of methoxy groups -OCH3 is 1. The van der Waals surface area contributed by atoms with E-state index in [4.69, 9.17) is 4.74 Å². The van der Waals surface area contributed by atoms with Crippen LogP contribution in [-0.4, -0.2) is 47.2 Å². The maximum Gasteiger partial charge on any atom is 0.229 e. The Bertz CT molecular complexity index is 1120. The van der Waals surface area contributed by atoms with E-state index in [0.29, 0.717) is 23.7 Å². The third kappa shape index (κ3) is 5.43. The van der Waals surface area contributed by atoms with Crippen LogP contribution in [-0.2, 0) is 9.59 Å². The molecule has 2 amide bonds. The predicted octanol–water partition coefficient (Wildman–Crippen LogP) is 3.36. The summed E-state index contributed by atoms with van der Waals surface area (Å²) in [4.78, 5) is 30.6. The number of pyridine rings is 1. The molecule has 1 aliphatic rings. The van der Waals surface area contributed by atoms with Crippen LogP contribution in [0, 0.1) is 5.92 Å². The van der Waals surface area contributed by atoms with Crippen molar-refractivity contribution in [1.29, 1.82) is 0 Å². The zero-order valence-electron chi connectivity index (χ0n) is 18.6. The van der Waals surface area contributed by atoms with Crippen LogP contribution in [0.15, 0.2) is 54.9 Å². The van der Waals surface area contributed by atoms with E-state index >= 15 is 0 Å². The Hall–Kier alpha value is -4.01. The Labute approximate surface area is 192 Å². The van der Waals surface area contributed by atoms with Gasteiger partial charge in [0, 0.05) is 43.7 Å². The smallest absolute Gasteiger partial charge is 0.229 e. The molecule has 1 saturated heterocycles. The van der Waals surface area contributed by atoms with Crippen LogP contribution in [0.3, 0.4) is 0 Å². The summed E-state index contributed by atoms with van der Waals surface area (Å²) in [6.07, 6.45) is 5.11. The first-order valence-electron chi connectivity index (χ1n) is 10.8. The Kier molecular flexibility index (Phi) is 6.77. The van der Waals surface area contributed by atoms with Gasteiger partial charge < -0.3 is 20.3 Å². The first kappa shape index (κ1) is 22.2. The molecule has 0 spiro atoms. The lowest BCUT2D eigenvalue weighted by Crippen LogP contribution is -2.41. The van der Waals surface area contributed by atoms with Gasteiger partial charge in [0.05, 0.1) is 24.4 Å². The second-order valence-corrected chi connectivity index (χ2v) is 7.89. The lowest BCUT2D eigenvalue weighted by Gasteiger charge is -2.32. The number of rotatable bonds is 6. The predicted molar refractivity (Wildman–Crippen MR) is 126 cm³/mol.